The molecule has 1 atom stereocenters. The third kappa shape index (κ3) is 4.94. The van der Waals surface area contributed by atoms with Crippen LogP contribution in [-0.4, -0.2) is 62.2 Å². The van der Waals surface area contributed by atoms with Crippen LogP contribution in [0.4, 0.5) is 0 Å². The molecule has 5 nitrogen and oxygen atoms in total. The lowest BCUT2D eigenvalue weighted by atomic mass is 10.0. The second-order valence-corrected chi connectivity index (χ2v) is 6.31. The maximum absolute atomic E-state index is 12.2. The van der Waals surface area contributed by atoms with E-state index in [2.05, 4.69) is 24.1 Å². The van der Waals surface area contributed by atoms with Gasteiger partial charge in [0.1, 0.15) is 5.75 Å². The van der Waals surface area contributed by atoms with Gasteiger partial charge >= 0.3 is 0 Å². The van der Waals surface area contributed by atoms with Crippen molar-refractivity contribution in [2.24, 2.45) is 0 Å². The van der Waals surface area contributed by atoms with Crippen molar-refractivity contribution < 1.29 is 14.3 Å². The molecular weight excluding hydrogens is 292 g/mol. The number of likely N-dealkylation sites (N-methyl/N-ethyl adjacent to an activating group) is 1. The normalized spacial score (nSPS) is 19.2. The lowest BCUT2D eigenvalue weighted by molar-refractivity contribution is -0.134. The fraction of sp³-hybridized carbons (Fsp3) is 0.611. The number of benzene rings is 1. The van der Waals surface area contributed by atoms with Gasteiger partial charge in [-0.2, -0.15) is 0 Å². The number of carbonyl (C=O) groups excluding carboxylic acids is 1. The van der Waals surface area contributed by atoms with Gasteiger partial charge in [0.25, 0.3) is 0 Å². The smallest absolute Gasteiger partial charge is 0.224 e. The van der Waals surface area contributed by atoms with Gasteiger partial charge in [-0.3, -0.25) is 9.69 Å². The molecule has 1 aromatic rings. The number of hydrogen-bond donors (Lipinski definition) is 0. The number of piperazine rings is 1. The maximum Gasteiger partial charge on any atom is 0.224 e. The zero-order chi connectivity index (χ0) is 16.8. The van der Waals surface area contributed by atoms with E-state index < -0.39 is 0 Å². The molecule has 0 spiro atoms. The van der Waals surface area contributed by atoms with E-state index >= 15 is 0 Å². The van der Waals surface area contributed by atoms with Gasteiger partial charge in [-0.1, -0.05) is 12.1 Å². The summed E-state index contributed by atoms with van der Waals surface area (Å²) in [7, 11) is 3.74. The van der Waals surface area contributed by atoms with Gasteiger partial charge in [0.2, 0.25) is 5.91 Å². The molecule has 0 saturated carbocycles. The Morgan fingerprint density at radius 1 is 1.26 bits per heavy atom. The predicted molar refractivity (Wildman–Crippen MR) is 90.7 cm³/mol. The van der Waals surface area contributed by atoms with Gasteiger partial charge in [0.05, 0.1) is 25.2 Å². The number of ether oxygens (including phenoxy) is 2. The SMILES string of the molecule is COCCC(=O)N1CCN(C)[C@H](c2ccc(OC(C)C)cc2)C1. The third-order valence-electron chi connectivity index (χ3n) is 4.16. The van der Waals surface area contributed by atoms with Gasteiger partial charge in [-0.15, -0.1) is 0 Å². The number of nitrogens with zero attached hydrogens (tertiary/aromatic N) is 2. The van der Waals surface area contributed by atoms with Crippen LogP contribution in [0.2, 0.25) is 0 Å². The van der Waals surface area contributed by atoms with Crippen molar-refractivity contribution in [3.8, 4) is 5.75 Å². The van der Waals surface area contributed by atoms with Gasteiger partial charge in [0.15, 0.2) is 0 Å². The molecule has 1 aromatic carbocycles. The van der Waals surface area contributed by atoms with Crippen LogP contribution < -0.4 is 4.74 Å². The Morgan fingerprint density at radius 3 is 2.57 bits per heavy atom. The second kappa shape index (κ2) is 8.31. The Labute approximate surface area is 139 Å². The van der Waals surface area contributed by atoms with E-state index in [1.165, 1.54) is 5.56 Å². The zero-order valence-electron chi connectivity index (χ0n) is 14.6. The van der Waals surface area contributed by atoms with Crippen LogP contribution in [-0.2, 0) is 9.53 Å². The molecular formula is C18H28N2O3. The summed E-state index contributed by atoms with van der Waals surface area (Å²) in [5.41, 5.74) is 1.22. The molecule has 2 rings (SSSR count). The van der Waals surface area contributed by atoms with E-state index in [0.29, 0.717) is 13.0 Å². The van der Waals surface area contributed by atoms with Crippen LogP contribution in [0.15, 0.2) is 24.3 Å². The molecule has 1 heterocycles. The summed E-state index contributed by atoms with van der Waals surface area (Å²) >= 11 is 0. The lowest BCUT2D eigenvalue weighted by Crippen LogP contribution is -2.49. The second-order valence-electron chi connectivity index (χ2n) is 6.31. The molecule has 0 aromatic heterocycles. The van der Waals surface area contributed by atoms with E-state index in [-0.39, 0.29) is 18.1 Å². The maximum atomic E-state index is 12.2. The van der Waals surface area contributed by atoms with Crippen LogP contribution in [0.25, 0.3) is 0 Å². The number of carbonyl (C=O) groups is 1. The van der Waals surface area contributed by atoms with Crippen molar-refractivity contribution in [2.45, 2.75) is 32.4 Å². The van der Waals surface area contributed by atoms with E-state index in [0.717, 1.165) is 25.4 Å². The van der Waals surface area contributed by atoms with Crippen LogP contribution >= 0.6 is 0 Å². The first kappa shape index (κ1) is 17.8. The summed E-state index contributed by atoms with van der Waals surface area (Å²) in [5.74, 6) is 1.06. The average Bonchev–Trinajstić information content (AvgIpc) is 2.53. The van der Waals surface area contributed by atoms with Crippen molar-refractivity contribution >= 4 is 5.91 Å². The Morgan fingerprint density at radius 2 is 1.96 bits per heavy atom. The molecule has 1 aliphatic rings. The molecule has 1 fully saturated rings. The van der Waals surface area contributed by atoms with Crippen LogP contribution in [0.5, 0.6) is 5.75 Å². The largest absolute Gasteiger partial charge is 0.491 e. The average molecular weight is 320 g/mol. The van der Waals surface area contributed by atoms with Crippen molar-refractivity contribution in [1.82, 2.24) is 9.80 Å². The summed E-state index contributed by atoms with van der Waals surface area (Å²) < 4.78 is 10.7. The first-order valence-corrected chi connectivity index (χ1v) is 8.25. The zero-order valence-corrected chi connectivity index (χ0v) is 14.6. The fourth-order valence-electron chi connectivity index (χ4n) is 2.85. The summed E-state index contributed by atoms with van der Waals surface area (Å²) in [6.07, 6.45) is 0.626. The molecule has 1 saturated heterocycles. The highest BCUT2D eigenvalue weighted by molar-refractivity contribution is 5.76. The lowest BCUT2D eigenvalue weighted by Gasteiger charge is -2.39. The summed E-state index contributed by atoms with van der Waals surface area (Å²) in [6, 6.07) is 8.44. The summed E-state index contributed by atoms with van der Waals surface area (Å²) in [4.78, 5) is 16.5. The molecule has 0 bridgehead atoms. The summed E-state index contributed by atoms with van der Waals surface area (Å²) in [6.45, 7) is 6.91. The monoisotopic (exact) mass is 320 g/mol. The standard InChI is InChI=1S/C18H28N2O3/c1-14(2)23-16-7-5-15(6-8-16)17-13-20(11-10-19(17)3)18(21)9-12-22-4/h5-8,14,17H,9-13H2,1-4H3/t17-/m0/s1. The van der Waals surface area contributed by atoms with E-state index in [1.54, 1.807) is 7.11 Å². The summed E-state index contributed by atoms with van der Waals surface area (Å²) in [5, 5.41) is 0. The minimum atomic E-state index is 0.171. The van der Waals surface area contributed by atoms with Gasteiger partial charge in [0, 0.05) is 26.7 Å². The Bertz CT molecular complexity index is 501. The minimum absolute atomic E-state index is 0.171. The van der Waals surface area contributed by atoms with Crippen LogP contribution in [0.1, 0.15) is 31.9 Å². The Kier molecular flexibility index (Phi) is 6.42. The van der Waals surface area contributed by atoms with Gasteiger partial charge in [-0.05, 0) is 38.6 Å². The first-order chi connectivity index (χ1) is 11.0. The molecule has 128 valence electrons. The molecule has 23 heavy (non-hydrogen) atoms. The quantitative estimate of drug-likeness (QED) is 0.807. The molecule has 0 N–H and O–H groups in total. The molecule has 1 aliphatic heterocycles. The topological polar surface area (TPSA) is 42.0 Å². The Hall–Kier alpha value is -1.59. The van der Waals surface area contributed by atoms with Crippen LogP contribution in [0.3, 0.4) is 0 Å². The predicted octanol–water partition coefficient (Wildman–Crippen LogP) is 2.33. The molecule has 0 radical (unpaired) electrons. The minimum Gasteiger partial charge on any atom is -0.491 e. The van der Waals surface area contributed by atoms with Crippen molar-refractivity contribution in [3.63, 3.8) is 0 Å². The fourth-order valence-corrected chi connectivity index (χ4v) is 2.85. The number of rotatable bonds is 6. The molecule has 5 heteroatoms. The van der Waals surface area contributed by atoms with Crippen molar-refractivity contribution in [2.75, 3.05) is 40.4 Å². The van der Waals surface area contributed by atoms with Gasteiger partial charge in [-0.25, -0.2) is 0 Å². The highest BCUT2D eigenvalue weighted by Crippen LogP contribution is 2.26. The Balaban J connectivity index is 2.03. The van der Waals surface area contributed by atoms with Crippen molar-refractivity contribution in [1.29, 1.82) is 0 Å². The van der Waals surface area contributed by atoms with E-state index in [9.17, 15) is 4.79 Å². The van der Waals surface area contributed by atoms with Crippen LogP contribution in [0, 0.1) is 0 Å². The molecule has 1 amide bonds. The van der Waals surface area contributed by atoms with E-state index in [4.69, 9.17) is 9.47 Å². The first-order valence-electron chi connectivity index (χ1n) is 8.25. The van der Waals surface area contributed by atoms with Crippen molar-refractivity contribution in [3.05, 3.63) is 29.8 Å². The highest BCUT2D eigenvalue weighted by atomic mass is 16.5. The number of amides is 1. The van der Waals surface area contributed by atoms with E-state index in [1.807, 2.05) is 30.9 Å². The molecule has 0 aliphatic carbocycles. The number of hydrogen-bond acceptors (Lipinski definition) is 4. The van der Waals surface area contributed by atoms with Gasteiger partial charge < -0.3 is 14.4 Å². The highest BCUT2D eigenvalue weighted by Gasteiger charge is 2.28. The number of methoxy groups -OCH3 is 1. The molecule has 0 unspecified atom stereocenters. The third-order valence-corrected chi connectivity index (χ3v) is 4.16.